The van der Waals surface area contributed by atoms with E-state index in [0.29, 0.717) is 18.0 Å². The summed E-state index contributed by atoms with van der Waals surface area (Å²) in [4.78, 5) is 0. The number of nitrogens with zero attached hydrogens (tertiary/aromatic N) is 5. The summed E-state index contributed by atoms with van der Waals surface area (Å²) in [6.07, 6.45) is 3.40. The maximum absolute atomic E-state index is 9.33. The number of hydrogen-bond acceptors (Lipinski definition) is 6. The molecule has 0 aliphatic heterocycles. The second kappa shape index (κ2) is 5.39. The zero-order chi connectivity index (χ0) is 13.8. The number of nitrogens with one attached hydrogen (secondary N) is 1. The highest BCUT2D eigenvalue weighted by molar-refractivity contribution is 5.31. The Labute approximate surface area is 114 Å². The minimum atomic E-state index is 0.164. The molecule has 2 N–H and O–H groups in total. The minimum Gasteiger partial charge on any atom is -0.508 e. The first-order chi connectivity index (χ1) is 9.79. The number of ether oxygens (including phenoxy) is 1. The predicted molar refractivity (Wildman–Crippen MR) is 67.9 cm³/mol. The van der Waals surface area contributed by atoms with Crippen molar-refractivity contribution in [3.05, 3.63) is 48.0 Å². The maximum atomic E-state index is 9.33. The van der Waals surface area contributed by atoms with Crippen LogP contribution in [0.4, 0.5) is 0 Å². The van der Waals surface area contributed by atoms with Crippen LogP contribution in [0, 0.1) is 0 Å². The number of phenols is 1. The second-order valence-corrected chi connectivity index (χ2v) is 4.15. The Hall–Kier alpha value is -2.90. The van der Waals surface area contributed by atoms with Gasteiger partial charge in [0.25, 0.3) is 0 Å². The third-order valence-electron chi connectivity index (χ3n) is 2.58. The molecule has 3 rings (SSSR count). The van der Waals surface area contributed by atoms with Gasteiger partial charge in [-0.1, -0.05) is 11.3 Å². The first-order valence-corrected chi connectivity index (χ1v) is 5.95. The molecule has 20 heavy (non-hydrogen) atoms. The van der Waals surface area contributed by atoms with E-state index < -0.39 is 0 Å². The van der Waals surface area contributed by atoms with Crippen molar-refractivity contribution in [2.45, 2.75) is 13.2 Å². The van der Waals surface area contributed by atoms with Crippen molar-refractivity contribution in [2.75, 3.05) is 0 Å². The Morgan fingerprint density at radius 1 is 1.30 bits per heavy atom. The average Bonchev–Trinajstić information content (AvgIpc) is 3.09. The molecular formula is C12H12N6O2. The van der Waals surface area contributed by atoms with E-state index >= 15 is 0 Å². The molecule has 0 unspecified atom stereocenters. The molecule has 0 spiro atoms. The summed E-state index contributed by atoms with van der Waals surface area (Å²) in [7, 11) is 0. The molecule has 1 aromatic carbocycles. The average molecular weight is 272 g/mol. The maximum Gasteiger partial charge on any atom is 0.134 e. The quantitative estimate of drug-likeness (QED) is 0.710. The van der Waals surface area contributed by atoms with Crippen molar-refractivity contribution in [1.82, 2.24) is 30.4 Å². The molecule has 102 valence electrons. The summed E-state index contributed by atoms with van der Waals surface area (Å²) in [5, 5.41) is 27.5. The lowest BCUT2D eigenvalue weighted by Crippen LogP contribution is -2.00. The van der Waals surface area contributed by atoms with Gasteiger partial charge >= 0.3 is 0 Å². The Balaban J connectivity index is 1.60. The Morgan fingerprint density at radius 3 is 3.05 bits per heavy atom. The lowest BCUT2D eigenvalue weighted by Gasteiger charge is -2.03. The molecule has 8 heteroatoms. The molecule has 0 radical (unpaired) electrons. The molecule has 0 amide bonds. The summed E-state index contributed by atoms with van der Waals surface area (Å²) in [5.41, 5.74) is 1.46. The van der Waals surface area contributed by atoms with E-state index in [0.717, 1.165) is 5.69 Å². The van der Waals surface area contributed by atoms with E-state index in [2.05, 4.69) is 25.7 Å². The van der Waals surface area contributed by atoms with Crippen molar-refractivity contribution in [2.24, 2.45) is 0 Å². The Bertz CT molecular complexity index is 679. The second-order valence-electron chi connectivity index (χ2n) is 4.15. The highest BCUT2D eigenvalue weighted by atomic mass is 16.5. The van der Waals surface area contributed by atoms with Crippen LogP contribution in [0.25, 0.3) is 0 Å². The number of aromatic nitrogens is 6. The summed E-state index contributed by atoms with van der Waals surface area (Å²) in [5.74, 6) is 0.744. The summed E-state index contributed by atoms with van der Waals surface area (Å²) in [6.45, 7) is 0.776. The number of aromatic amines is 1. The third-order valence-corrected chi connectivity index (χ3v) is 2.58. The van der Waals surface area contributed by atoms with E-state index in [1.165, 1.54) is 0 Å². The van der Waals surface area contributed by atoms with Crippen molar-refractivity contribution in [1.29, 1.82) is 0 Å². The topological polar surface area (TPSA) is 102 Å². The summed E-state index contributed by atoms with van der Waals surface area (Å²) >= 11 is 0. The van der Waals surface area contributed by atoms with E-state index in [9.17, 15) is 5.11 Å². The number of aromatic hydroxyl groups is 1. The van der Waals surface area contributed by atoms with Crippen molar-refractivity contribution >= 4 is 0 Å². The monoisotopic (exact) mass is 272 g/mol. The number of rotatable bonds is 5. The van der Waals surface area contributed by atoms with Crippen LogP contribution in [0.15, 0.2) is 36.7 Å². The summed E-state index contributed by atoms with van der Waals surface area (Å²) in [6, 6.07) is 6.60. The van der Waals surface area contributed by atoms with Crippen LogP contribution in [0.2, 0.25) is 0 Å². The molecule has 8 nitrogen and oxygen atoms in total. The van der Waals surface area contributed by atoms with Gasteiger partial charge in [-0.05, 0) is 12.1 Å². The van der Waals surface area contributed by atoms with Gasteiger partial charge in [-0.2, -0.15) is 15.4 Å². The fourth-order valence-corrected chi connectivity index (χ4v) is 1.68. The molecule has 0 bridgehead atoms. The van der Waals surface area contributed by atoms with Crippen LogP contribution in [0.1, 0.15) is 11.4 Å². The summed E-state index contributed by atoms with van der Waals surface area (Å²) < 4.78 is 7.16. The van der Waals surface area contributed by atoms with Crippen molar-refractivity contribution < 1.29 is 9.84 Å². The molecule has 3 aromatic rings. The molecule has 0 saturated carbocycles. The van der Waals surface area contributed by atoms with Gasteiger partial charge in [-0.15, -0.1) is 5.10 Å². The first-order valence-electron chi connectivity index (χ1n) is 5.95. The molecule has 0 saturated heterocycles. The highest BCUT2D eigenvalue weighted by Crippen LogP contribution is 2.18. The van der Waals surface area contributed by atoms with Crippen LogP contribution < -0.4 is 4.74 Å². The van der Waals surface area contributed by atoms with Gasteiger partial charge in [-0.3, -0.25) is 0 Å². The number of phenolic OH excluding ortho intramolecular Hbond substituents is 1. The molecule has 0 aliphatic carbocycles. The SMILES string of the molecule is Oc1cccc(OCc2cn(Cc3cn[nH]n3)nn2)c1. The van der Waals surface area contributed by atoms with Crippen LogP contribution >= 0.6 is 0 Å². The first kappa shape index (κ1) is 12.2. The van der Waals surface area contributed by atoms with E-state index in [-0.39, 0.29) is 12.4 Å². The normalized spacial score (nSPS) is 10.6. The fraction of sp³-hybridized carbons (Fsp3) is 0.167. The number of H-pyrrole nitrogens is 1. The standard InChI is InChI=1S/C12H12N6O2/c19-11-2-1-3-12(4-11)20-8-10-7-18(17-15-10)6-9-5-13-16-14-9/h1-5,7,19H,6,8H2,(H,13,14,16). The van der Waals surface area contributed by atoms with Crippen LogP contribution in [-0.2, 0) is 13.2 Å². The molecule has 2 aromatic heterocycles. The number of hydrogen-bond donors (Lipinski definition) is 2. The van der Waals surface area contributed by atoms with E-state index in [4.69, 9.17) is 4.74 Å². The van der Waals surface area contributed by atoms with Gasteiger partial charge in [0.1, 0.15) is 29.5 Å². The van der Waals surface area contributed by atoms with Gasteiger partial charge in [-0.25, -0.2) is 4.68 Å². The van der Waals surface area contributed by atoms with E-state index in [1.54, 1.807) is 41.3 Å². The third kappa shape index (κ3) is 2.91. The van der Waals surface area contributed by atoms with Crippen molar-refractivity contribution in [3.8, 4) is 11.5 Å². The van der Waals surface area contributed by atoms with Gasteiger partial charge in [0.05, 0.1) is 18.9 Å². The molecule has 0 atom stereocenters. The van der Waals surface area contributed by atoms with Gasteiger partial charge in [0.15, 0.2) is 0 Å². The van der Waals surface area contributed by atoms with Gasteiger partial charge in [0, 0.05) is 6.07 Å². The Morgan fingerprint density at radius 2 is 2.25 bits per heavy atom. The largest absolute Gasteiger partial charge is 0.508 e. The zero-order valence-electron chi connectivity index (χ0n) is 10.5. The molecular weight excluding hydrogens is 260 g/mol. The fourth-order valence-electron chi connectivity index (χ4n) is 1.68. The lowest BCUT2D eigenvalue weighted by molar-refractivity contribution is 0.299. The molecule has 2 heterocycles. The Kier molecular flexibility index (Phi) is 3.27. The van der Waals surface area contributed by atoms with Crippen LogP contribution in [0.5, 0.6) is 11.5 Å². The molecule has 0 aliphatic rings. The molecule has 0 fully saturated rings. The minimum absolute atomic E-state index is 0.164. The predicted octanol–water partition coefficient (Wildman–Crippen LogP) is 0.729. The lowest BCUT2D eigenvalue weighted by atomic mass is 10.3. The van der Waals surface area contributed by atoms with Crippen molar-refractivity contribution in [3.63, 3.8) is 0 Å². The van der Waals surface area contributed by atoms with Crippen LogP contribution in [0.3, 0.4) is 0 Å². The smallest absolute Gasteiger partial charge is 0.134 e. The van der Waals surface area contributed by atoms with Crippen LogP contribution in [-0.4, -0.2) is 35.5 Å². The van der Waals surface area contributed by atoms with Gasteiger partial charge in [0.2, 0.25) is 0 Å². The van der Waals surface area contributed by atoms with E-state index in [1.807, 2.05) is 0 Å². The number of benzene rings is 1. The van der Waals surface area contributed by atoms with Gasteiger partial charge < -0.3 is 9.84 Å². The highest BCUT2D eigenvalue weighted by Gasteiger charge is 2.04. The zero-order valence-corrected chi connectivity index (χ0v) is 10.5.